The molecule has 1 amide bonds. The summed E-state index contributed by atoms with van der Waals surface area (Å²) < 4.78 is 6.07. The Morgan fingerprint density at radius 2 is 2.26 bits per heavy atom. The van der Waals surface area contributed by atoms with E-state index in [1.165, 1.54) is 0 Å². The Kier molecular flexibility index (Phi) is 5.19. The van der Waals surface area contributed by atoms with Crippen molar-refractivity contribution in [3.05, 3.63) is 27.5 Å². The summed E-state index contributed by atoms with van der Waals surface area (Å²) in [6, 6.07) is 1.71. The number of carbonyl (C=O) groups is 1. The zero-order valence-corrected chi connectivity index (χ0v) is 13.1. The minimum atomic E-state index is -0.0923. The first-order valence-electron chi connectivity index (χ1n) is 6.22. The van der Waals surface area contributed by atoms with Crippen molar-refractivity contribution in [2.24, 2.45) is 5.92 Å². The Hall–Kier alpha value is -0.650. The third kappa shape index (κ3) is 3.91. The van der Waals surface area contributed by atoms with Crippen LogP contribution in [0.2, 0.25) is 5.15 Å². The molecule has 6 heteroatoms. The van der Waals surface area contributed by atoms with Crippen molar-refractivity contribution in [3.63, 3.8) is 0 Å². The first kappa shape index (κ1) is 14.8. The summed E-state index contributed by atoms with van der Waals surface area (Å²) in [5.74, 6) is 0.409. The van der Waals surface area contributed by atoms with Crippen LogP contribution in [0.15, 0.2) is 16.7 Å². The molecular formula is C13H16BrClN2O2. The normalized spacial score (nSPS) is 16.4. The van der Waals surface area contributed by atoms with Gasteiger partial charge in [-0.25, -0.2) is 4.98 Å². The number of amides is 1. The Labute approximate surface area is 126 Å². The van der Waals surface area contributed by atoms with Crippen molar-refractivity contribution in [1.82, 2.24) is 9.88 Å². The molecule has 0 saturated carbocycles. The monoisotopic (exact) mass is 346 g/mol. The van der Waals surface area contributed by atoms with Crippen LogP contribution in [-0.4, -0.2) is 42.6 Å². The van der Waals surface area contributed by atoms with E-state index in [1.54, 1.807) is 24.2 Å². The van der Waals surface area contributed by atoms with Crippen molar-refractivity contribution in [3.8, 4) is 0 Å². The van der Waals surface area contributed by atoms with Gasteiger partial charge in [0.1, 0.15) is 5.15 Å². The molecule has 2 heterocycles. The molecule has 0 atom stereocenters. The highest BCUT2D eigenvalue weighted by atomic mass is 79.9. The third-order valence-electron chi connectivity index (χ3n) is 3.26. The molecule has 0 aliphatic carbocycles. The summed E-state index contributed by atoms with van der Waals surface area (Å²) in [5, 5.41) is 0.243. The van der Waals surface area contributed by atoms with Gasteiger partial charge in [0.25, 0.3) is 5.91 Å². The molecule has 0 bridgehead atoms. The van der Waals surface area contributed by atoms with Crippen molar-refractivity contribution in [2.45, 2.75) is 12.8 Å². The van der Waals surface area contributed by atoms with E-state index in [-0.39, 0.29) is 11.1 Å². The van der Waals surface area contributed by atoms with Crippen molar-refractivity contribution in [2.75, 3.05) is 26.8 Å². The van der Waals surface area contributed by atoms with Gasteiger partial charge < -0.3 is 9.64 Å². The van der Waals surface area contributed by atoms with Gasteiger partial charge in [0.05, 0.1) is 5.56 Å². The van der Waals surface area contributed by atoms with E-state index in [0.29, 0.717) is 11.5 Å². The Bertz CT molecular complexity index is 464. The highest BCUT2D eigenvalue weighted by Crippen LogP contribution is 2.21. The molecule has 1 aromatic heterocycles. The predicted octanol–water partition coefficient (Wildman–Crippen LogP) is 3.00. The lowest BCUT2D eigenvalue weighted by Crippen LogP contribution is -2.34. The molecule has 1 saturated heterocycles. The third-order valence-corrected chi connectivity index (χ3v) is 3.99. The number of halogens is 2. The summed E-state index contributed by atoms with van der Waals surface area (Å²) in [6.07, 6.45) is 3.59. The standard InChI is InChI=1S/C13H16BrClN2O2/c1-17(8-9-2-4-19-5-3-9)13(18)11-6-10(14)7-16-12(11)15/h6-7,9H,2-5,8H2,1H3. The fourth-order valence-electron chi connectivity index (χ4n) is 2.18. The van der Waals surface area contributed by atoms with E-state index in [2.05, 4.69) is 20.9 Å². The zero-order valence-electron chi connectivity index (χ0n) is 10.7. The SMILES string of the molecule is CN(CC1CCOCC1)C(=O)c1cc(Br)cnc1Cl. The lowest BCUT2D eigenvalue weighted by molar-refractivity contribution is 0.0497. The second-order valence-electron chi connectivity index (χ2n) is 4.73. The van der Waals surface area contributed by atoms with Crippen LogP contribution in [-0.2, 0) is 4.74 Å². The second-order valence-corrected chi connectivity index (χ2v) is 6.01. The van der Waals surface area contributed by atoms with Crippen LogP contribution < -0.4 is 0 Å². The van der Waals surface area contributed by atoms with Gasteiger partial charge >= 0.3 is 0 Å². The number of hydrogen-bond acceptors (Lipinski definition) is 3. The van der Waals surface area contributed by atoms with Crippen LogP contribution >= 0.6 is 27.5 Å². The number of rotatable bonds is 3. The summed E-state index contributed by atoms with van der Waals surface area (Å²) in [5.41, 5.74) is 0.436. The van der Waals surface area contributed by atoms with Gasteiger partial charge in [-0.1, -0.05) is 11.6 Å². The summed E-state index contributed by atoms with van der Waals surface area (Å²) in [4.78, 5) is 18.0. The molecule has 1 fully saturated rings. The molecule has 0 aromatic carbocycles. The van der Waals surface area contributed by atoms with Crippen LogP contribution in [0.4, 0.5) is 0 Å². The highest BCUT2D eigenvalue weighted by Gasteiger charge is 2.21. The van der Waals surface area contributed by atoms with Crippen LogP contribution in [0.25, 0.3) is 0 Å². The lowest BCUT2D eigenvalue weighted by atomic mass is 10.00. The van der Waals surface area contributed by atoms with E-state index >= 15 is 0 Å². The first-order chi connectivity index (χ1) is 9.08. The van der Waals surface area contributed by atoms with Gasteiger partial charge in [0, 0.05) is 37.5 Å². The van der Waals surface area contributed by atoms with Crippen LogP contribution in [0, 0.1) is 5.92 Å². The van der Waals surface area contributed by atoms with Crippen molar-refractivity contribution >= 4 is 33.4 Å². The van der Waals surface area contributed by atoms with Crippen LogP contribution in [0.1, 0.15) is 23.2 Å². The average molecular weight is 348 g/mol. The number of nitrogens with zero attached hydrogens (tertiary/aromatic N) is 2. The van der Waals surface area contributed by atoms with Gasteiger partial charge in [-0.2, -0.15) is 0 Å². The molecule has 104 valence electrons. The Morgan fingerprint density at radius 3 is 2.95 bits per heavy atom. The van der Waals surface area contributed by atoms with Crippen molar-refractivity contribution in [1.29, 1.82) is 0 Å². The fourth-order valence-corrected chi connectivity index (χ4v) is 2.69. The largest absolute Gasteiger partial charge is 0.381 e. The second kappa shape index (κ2) is 6.68. The summed E-state index contributed by atoms with van der Waals surface area (Å²) in [7, 11) is 1.80. The van der Waals surface area contributed by atoms with E-state index in [9.17, 15) is 4.79 Å². The number of aromatic nitrogens is 1. The molecule has 1 aromatic rings. The number of pyridine rings is 1. The topological polar surface area (TPSA) is 42.4 Å². The molecule has 0 N–H and O–H groups in total. The Morgan fingerprint density at radius 1 is 1.58 bits per heavy atom. The van der Waals surface area contributed by atoms with Crippen molar-refractivity contribution < 1.29 is 9.53 Å². The quantitative estimate of drug-likeness (QED) is 0.789. The molecule has 0 unspecified atom stereocenters. The minimum Gasteiger partial charge on any atom is -0.381 e. The molecule has 1 aliphatic heterocycles. The Balaban J connectivity index is 2.03. The highest BCUT2D eigenvalue weighted by molar-refractivity contribution is 9.10. The average Bonchev–Trinajstić information content (AvgIpc) is 2.42. The number of carbonyl (C=O) groups excluding carboxylic acids is 1. The summed E-state index contributed by atoms with van der Waals surface area (Å²) in [6.45, 7) is 2.29. The number of ether oxygens (including phenoxy) is 1. The zero-order chi connectivity index (χ0) is 13.8. The molecule has 2 rings (SSSR count). The maximum atomic E-state index is 12.3. The molecular weight excluding hydrogens is 332 g/mol. The van der Waals surface area contributed by atoms with Gasteiger partial charge in [-0.3, -0.25) is 4.79 Å². The molecule has 1 aliphatic rings. The maximum absolute atomic E-state index is 12.3. The van der Waals surface area contributed by atoms with Gasteiger partial charge in [0.2, 0.25) is 0 Å². The fraction of sp³-hybridized carbons (Fsp3) is 0.538. The predicted molar refractivity (Wildman–Crippen MR) is 77.5 cm³/mol. The van der Waals surface area contributed by atoms with E-state index in [0.717, 1.165) is 37.1 Å². The molecule has 19 heavy (non-hydrogen) atoms. The van der Waals surface area contributed by atoms with Crippen LogP contribution in [0.3, 0.4) is 0 Å². The summed E-state index contributed by atoms with van der Waals surface area (Å²) >= 11 is 9.28. The van der Waals surface area contributed by atoms with E-state index in [4.69, 9.17) is 16.3 Å². The van der Waals surface area contributed by atoms with Gasteiger partial charge in [0.15, 0.2) is 0 Å². The van der Waals surface area contributed by atoms with E-state index < -0.39 is 0 Å². The van der Waals surface area contributed by atoms with Crippen LogP contribution in [0.5, 0.6) is 0 Å². The molecule has 0 spiro atoms. The maximum Gasteiger partial charge on any atom is 0.256 e. The smallest absolute Gasteiger partial charge is 0.256 e. The first-order valence-corrected chi connectivity index (χ1v) is 7.39. The van der Waals surface area contributed by atoms with Gasteiger partial charge in [-0.15, -0.1) is 0 Å². The number of hydrogen-bond donors (Lipinski definition) is 0. The minimum absolute atomic E-state index is 0.0923. The molecule has 4 nitrogen and oxygen atoms in total. The lowest BCUT2D eigenvalue weighted by Gasteiger charge is -2.27. The molecule has 0 radical (unpaired) electrons. The van der Waals surface area contributed by atoms with Gasteiger partial charge in [-0.05, 0) is 40.8 Å². The van der Waals surface area contributed by atoms with E-state index in [1.807, 2.05) is 0 Å².